The van der Waals surface area contributed by atoms with Crippen LogP contribution in [-0.2, 0) is 14.3 Å². The van der Waals surface area contributed by atoms with E-state index in [-0.39, 0.29) is 11.8 Å². The number of hydrogen-bond acceptors (Lipinski definition) is 8. The minimum atomic E-state index is -0.739. The van der Waals surface area contributed by atoms with Gasteiger partial charge in [-0.3, -0.25) is 14.2 Å². The number of nitrogens with zero attached hydrogens (tertiary/aromatic N) is 5. The molecule has 10 nitrogen and oxygen atoms in total. The number of nitriles is 1. The number of nitrogens with two attached hydrogens (primary N) is 1. The highest BCUT2D eigenvalue weighted by molar-refractivity contribution is 6.02. The minimum Gasteiger partial charge on any atom is -0.497 e. The van der Waals surface area contributed by atoms with Crippen LogP contribution in [0.25, 0.3) is 33.3 Å². The molecule has 0 radical (unpaired) electrons. The third-order valence-electron chi connectivity index (χ3n) is 8.09. The summed E-state index contributed by atoms with van der Waals surface area (Å²) < 4.78 is 13.2. The van der Waals surface area contributed by atoms with Gasteiger partial charge in [-0.05, 0) is 68.4 Å². The number of benzene rings is 2. The summed E-state index contributed by atoms with van der Waals surface area (Å²) in [5.74, 6) is -0.0834. The molecule has 10 heteroatoms. The Morgan fingerprint density at radius 1 is 1.09 bits per heavy atom. The number of fused-ring (bicyclic) bond motifs is 1. The van der Waals surface area contributed by atoms with Gasteiger partial charge in [0.05, 0.1) is 18.7 Å². The molecule has 2 aromatic heterocycles. The van der Waals surface area contributed by atoms with E-state index < -0.39 is 18.2 Å². The summed E-state index contributed by atoms with van der Waals surface area (Å²) in [7, 11) is 7.18. The second-order valence-corrected chi connectivity index (χ2v) is 11.7. The molecule has 46 heavy (non-hydrogen) atoms. The van der Waals surface area contributed by atoms with Crippen LogP contribution >= 0.6 is 0 Å². The van der Waals surface area contributed by atoms with Crippen LogP contribution in [0.4, 0.5) is 5.69 Å². The van der Waals surface area contributed by atoms with Crippen molar-refractivity contribution in [2.24, 2.45) is 11.7 Å². The van der Waals surface area contributed by atoms with Crippen molar-refractivity contribution in [3.8, 4) is 34.1 Å². The molecule has 2 unspecified atom stereocenters. The zero-order valence-corrected chi connectivity index (χ0v) is 27.5. The quantitative estimate of drug-likeness (QED) is 0.156. The molecule has 0 spiro atoms. The maximum absolute atomic E-state index is 12.9. The molecule has 2 N–H and O–H groups in total. The summed E-state index contributed by atoms with van der Waals surface area (Å²) in [4.78, 5) is 34.2. The van der Waals surface area contributed by atoms with Gasteiger partial charge in [0.2, 0.25) is 5.91 Å². The van der Waals surface area contributed by atoms with Crippen molar-refractivity contribution < 1.29 is 19.1 Å². The summed E-state index contributed by atoms with van der Waals surface area (Å²) in [6, 6.07) is 16.4. The second-order valence-electron chi connectivity index (χ2n) is 11.7. The normalized spacial score (nSPS) is 13.4. The van der Waals surface area contributed by atoms with Gasteiger partial charge in [0.15, 0.2) is 6.23 Å². The van der Waals surface area contributed by atoms with Gasteiger partial charge >= 0.3 is 5.97 Å². The number of methoxy groups -OCH3 is 1. The average Bonchev–Trinajstić information content (AvgIpc) is 3.45. The molecular weight excluding hydrogens is 580 g/mol. The number of amides is 1. The maximum Gasteiger partial charge on any atom is 0.325 e. The van der Waals surface area contributed by atoms with Crippen molar-refractivity contribution >= 4 is 28.6 Å². The van der Waals surface area contributed by atoms with Crippen molar-refractivity contribution in [1.29, 1.82) is 5.26 Å². The van der Waals surface area contributed by atoms with Gasteiger partial charge in [0.1, 0.15) is 17.4 Å². The number of carbonyl (C=O) groups excluding carboxylic acids is 2. The Morgan fingerprint density at radius 3 is 2.52 bits per heavy atom. The number of ether oxygens (including phenoxy) is 2. The largest absolute Gasteiger partial charge is 0.497 e. The van der Waals surface area contributed by atoms with E-state index >= 15 is 0 Å². The SMILES string of the molecule is CCC(C)C(N)C(=O)O[C@@H](C)n1cc(-c2cccc(C#N)c2)c2cc(-c3cc(OC)cc(N(C)C(=O)/C=C/CN(C)C)c3)cnc21. The second kappa shape index (κ2) is 14.9. The predicted octanol–water partition coefficient (Wildman–Crippen LogP) is 5.77. The standard InChI is InChI=1S/C36H42N6O4/c1-8-23(2)34(38)36(44)46-24(3)42-22-32(26-12-9-11-25(15-26)20-37)31-18-28(21-39-35(31)42)27-16-29(19-30(17-27)45-7)41(6)33(43)13-10-14-40(4)5/h9-13,15-19,21-24,34H,8,14,38H2,1-7H3/b13-10+/t23?,24-,34?/m0/s1. The van der Waals surface area contributed by atoms with Gasteiger partial charge in [-0.2, -0.15) is 5.26 Å². The first kappa shape index (κ1) is 33.9. The van der Waals surface area contributed by atoms with Gasteiger partial charge < -0.3 is 25.0 Å². The number of carbonyl (C=O) groups is 2. The van der Waals surface area contributed by atoms with Crippen LogP contribution in [0, 0.1) is 17.2 Å². The van der Waals surface area contributed by atoms with Crippen molar-refractivity contribution in [1.82, 2.24) is 14.5 Å². The predicted molar refractivity (Wildman–Crippen MR) is 181 cm³/mol. The molecule has 3 atom stereocenters. The summed E-state index contributed by atoms with van der Waals surface area (Å²) in [5, 5.41) is 10.4. The molecule has 0 aliphatic carbocycles. The van der Waals surface area contributed by atoms with Gasteiger partial charge in [-0.15, -0.1) is 0 Å². The Bertz CT molecular complexity index is 1790. The molecule has 0 bridgehead atoms. The van der Waals surface area contributed by atoms with E-state index in [1.54, 1.807) is 48.9 Å². The highest BCUT2D eigenvalue weighted by Crippen LogP contribution is 2.37. The first-order chi connectivity index (χ1) is 22.0. The van der Waals surface area contributed by atoms with E-state index in [2.05, 4.69) is 6.07 Å². The highest BCUT2D eigenvalue weighted by Gasteiger charge is 2.25. The van der Waals surface area contributed by atoms with Crippen LogP contribution in [0.1, 0.15) is 39.0 Å². The number of rotatable bonds is 12. The molecule has 2 heterocycles. The lowest BCUT2D eigenvalue weighted by molar-refractivity contribution is -0.155. The first-order valence-corrected chi connectivity index (χ1v) is 15.2. The fourth-order valence-corrected chi connectivity index (χ4v) is 5.01. The van der Waals surface area contributed by atoms with Gasteiger partial charge in [0.25, 0.3) is 0 Å². The lowest BCUT2D eigenvalue weighted by Crippen LogP contribution is -2.38. The van der Waals surface area contributed by atoms with E-state index in [4.69, 9.17) is 20.2 Å². The van der Waals surface area contributed by atoms with Crippen LogP contribution in [-0.4, -0.2) is 67.2 Å². The Labute approximate surface area is 270 Å². The molecule has 2 aromatic carbocycles. The number of aromatic nitrogens is 2. The van der Waals surface area contributed by atoms with Crippen molar-refractivity contribution in [3.05, 3.63) is 78.6 Å². The molecule has 1 amide bonds. The number of hydrogen-bond donors (Lipinski definition) is 1. The van der Waals surface area contributed by atoms with Gasteiger partial charge in [0, 0.05) is 60.3 Å². The smallest absolute Gasteiger partial charge is 0.325 e. The highest BCUT2D eigenvalue weighted by atomic mass is 16.6. The fourth-order valence-electron chi connectivity index (χ4n) is 5.01. The summed E-state index contributed by atoms with van der Waals surface area (Å²) in [6.07, 6.45) is 7.06. The van der Waals surface area contributed by atoms with Gasteiger partial charge in [-0.25, -0.2) is 4.98 Å². The molecule has 0 aliphatic heterocycles. The molecule has 4 rings (SSSR count). The van der Waals surface area contributed by atoms with E-state index in [0.717, 1.165) is 34.1 Å². The molecule has 240 valence electrons. The van der Waals surface area contributed by atoms with E-state index in [1.807, 2.05) is 87.6 Å². The molecular formula is C36H42N6O4. The Hall–Kier alpha value is -4.98. The number of pyridine rings is 1. The van der Waals surface area contributed by atoms with E-state index in [9.17, 15) is 14.9 Å². The van der Waals surface area contributed by atoms with Crippen LogP contribution in [0.5, 0.6) is 5.75 Å². The Balaban J connectivity index is 1.81. The minimum absolute atomic E-state index is 0.0257. The molecule has 0 aliphatic rings. The Morgan fingerprint density at radius 2 is 1.85 bits per heavy atom. The maximum atomic E-state index is 12.9. The van der Waals surface area contributed by atoms with E-state index in [1.165, 1.54) is 0 Å². The summed E-state index contributed by atoms with van der Waals surface area (Å²) in [5.41, 5.74) is 11.2. The van der Waals surface area contributed by atoms with Gasteiger partial charge in [-0.1, -0.05) is 38.5 Å². The lowest BCUT2D eigenvalue weighted by Gasteiger charge is -2.21. The van der Waals surface area contributed by atoms with Crippen molar-refractivity contribution in [3.63, 3.8) is 0 Å². The number of esters is 1. The van der Waals surface area contributed by atoms with Crippen LogP contribution < -0.4 is 15.4 Å². The summed E-state index contributed by atoms with van der Waals surface area (Å²) >= 11 is 0. The zero-order chi connectivity index (χ0) is 33.5. The first-order valence-electron chi connectivity index (χ1n) is 15.2. The zero-order valence-electron chi connectivity index (χ0n) is 27.5. The third kappa shape index (κ3) is 7.62. The van der Waals surface area contributed by atoms with Crippen molar-refractivity contribution in [2.45, 2.75) is 39.5 Å². The third-order valence-corrected chi connectivity index (χ3v) is 8.09. The van der Waals surface area contributed by atoms with Crippen LogP contribution in [0.3, 0.4) is 0 Å². The average molecular weight is 623 g/mol. The van der Waals surface area contributed by atoms with Crippen molar-refractivity contribution in [2.75, 3.05) is 39.7 Å². The van der Waals surface area contributed by atoms with Crippen LogP contribution in [0.2, 0.25) is 0 Å². The number of likely N-dealkylation sites (N-methyl/N-ethyl adjacent to an activating group) is 2. The fraction of sp³-hybridized carbons (Fsp3) is 0.333. The molecule has 4 aromatic rings. The molecule has 0 saturated heterocycles. The number of anilines is 1. The summed E-state index contributed by atoms with van der Waals surface area (Å²) in [6.45, 7) is 6.33. The van der Waals surface area contributed by atoms with Crippen LogP contribution in [0.15, 0.2) is 73.1 Å². The molecule has 0 saturated carbocycles. The Kier molecular flexibility index (Phi) is 11.0. The monoisotopic (exact) mass is 622 g/mol. The van der Waals surface area contributed by atoms with E-state index in [0.29, 0.717) is 29.2 Å². The molecule has 0 fully saturated rings. The topological polar surface area (TPSA) is 127 Å². The lowest BCUT2D eigenvalue weighted by atomic mass is 10.0.